The molecule has 1 heterocycles. The number of urea groups is 1. The lowest BCUT2D eigenvalue weighted by Crippen LogP contribution is -2.44. The molecule has 1 aromatic rings. The number of piperidine rings is 1. The van der Waals surface area contributed by atoms with E-state index in [0.717, 1.165) is 23.2 Å². The van der Waals surface area contributed by atoms with Gasteiger partial charge in [0.1, 0.15) is 0 Å². The van der Waals surface area contributed by atoms with Crippen molar-refractivity contribution in [3.8, 4) is 0 Å². The maximum absolute atomic E-state index is 12.6. The minimum Gasteiger partial charge on any atom is -0.382 e. The zero-order valence-corrected chi connectivity index (χ0v) is 17.1. The molecule has 0 spiro atoms. The van der Waals surface area contributed by atoms with Crippen molar-refractivity contribution in [1.82, 2.24) is 10.2 Å². The highest BCUT2D eigenvalue weighted by atomic mass is 16.5. The smallest absolute Gasteiger partial charge is 0.321 e. The average molecular weight is 376 g/mol. The fraction of sp³-hybridized carbons (Fsp3) is 0.619. The summed E-state index contributed by atoms with van der Waals surface area (Å²) in [7, 11) is 0. The van der Waals surface area contributed by atoms with Gasteiger partial charge in [-0.25, -0.2) is 4.79 Å². The highest BCUT2D eigenvalue weighted by Crippen LogP contribution is 2.24. The van der Waals surface area contributed by atoms with Crippen LogP contribution in [-0.4, -0.2) is 49.7 Å². The lowest BCUT2D eigenvalue weighted by molar-refractivity contribution is -0.126. The number of ether oxygens (including phenoxy) is 1. The van der Waals surface area contributed by atoms with Crippen LogP contribution >= 0.6 is 0 Å². The predicted octanol–water partition coefficient (Wildman–Crippen LogP) is 3.40. The molecular formula is C21H33N3O3. The first kappa shape index (κ1) is 21.2. The summed E-state index contributed by atoms with van der Waals surface area (Å²) >= 11 is 0. The van der Waals surface area contributed by atoms with Crippen LogP contribution in [0.1, 0.15) is 42.9 Å². The number of hydrogen-bond donors (Lipinski definition) is 2. The first-order valence-corrected chi connectivity index (χ1v) is 9.91. The van der Waals surface area contributed by atoms with Gasteiger partial charge in [-0.05, 0) is 58.1 Å². The van der Waals surface area contributed by atoms with Crippen LogP contribution in [0.5, 0.6) is 0 Å². The summed E-state index contributed by atoms with van der Waals surface area (Å²) in [6.07, 6.45) is 2.24. The van der Waals surface area contributed by atoms with Gasteiger partial charge in [0, 0.05) is 44.5 Å². The lowest BCUT2D eigenvalue weighted by atomic mass is 9.96. The molecule has 1 aromatic carbocycles. The van der Waals surface area contributed by atoms with Gasteiger partial charge < -0.3 is 20.3 Å². The fourth-order valence-corrected chi connectivity index (χ4v) is 3.58. The summed E-state index contributed by atoms with van der Waals surface area (Å²) in [5.41, 5.74) is 4.22. The number of rotatable bonds is 7. The Morgan fingerprint density at radius 2 is 1.78 bits per heavy atom. The molecule has 6 heteroatoms. The van der Waals surface area contributed by atoms with Crippen LogP contribution in [0.3, 0.4) is 0 Å². The van der Waals surface area contributed by atoms with Crippen molar-refractivity contribution in [1.29, 1.82) is 0 Å². The van der Waals surface area contributed by atoms with E-state index in [2.05, 4.69) is 29.7 Å². The molecule has 2 N–H and O–H groups in total. The van der Waals surface area contributed by atoms with Crippen molar-refractivity contribution in [2.45, 2.75) is 47.0 Å². The van der Waals surface area contributed by atoms with Gasteiger partial charge in [0.25, 0.3) is 0 Å². The van der Waals surface area contributed by atoms with E-state index in [1.807, 2.05) is 20.8 Å². The molecule has 0 atom stereocenters. The van der Waals surface area contributed by atoms with Gasteiger partial charge in [-0.1, -0.05) is 17.7 Å². The molecule has 6 nitrogen and oxygen atoms in total. The van der Waals surface area contributed by atoms with E-state index < -0.39 is 0 Å². The van der Waals surface area contributed by atoms with Crippen LogP contribution in [0.2, 0.25) is 0 Å². The molecule has 27 heavy (non-hydrogen) atoms. The van der Waals surface area contributed by atoms with E-state index in [1.54, 1.807) is 4.90 Å². The normalized spacial score (nSPS) is 14.9. The van der Waals surface area contributed by atoms with E-state index in [-0.39, 0.29) is 17.9 Å². The molecule has 1 saturated heterocycles. The van der Waals surface area contributed by atoms with Crippen LogP contribution in [-0.2, 0) is 9.53 Å². The summed E-state index contributed by atoms with van der Waals surface area (Å²) in [6, 6.07) is 4.07. The number of benzene rings is 1. The number of anilines is 1. The van der Waals surface area contributed by atoms with Crippen molar-refractivity contribution in [3.63, 3.8) is 0 Å². The van der Waals surface area contributed by atoms with Gasteiger partial charge in [0.2, 0.25) is 5.91 Å². The zero-order valence-electron chi connectivity index (χ0n) is 17.1. The maximum Gasteiger partial charge on any atom is 0.321 e. The molecule has 3 amide bonds. The number of likely N-dealkylation sites (tertiary alicyclic amines) is 1. The van der Waals surface area contributed by atoms with Gasteiger partial charge in [-0.3, -0.25) is 4.79 Å². The molecule has 1 aliphatic heterocycles. The Bertz CT molecular complexity index is 629. The largest absolute Gasteiger partial charge is 0.382 e. The quantitative estimate of drug-likeness (QED) is 0.718. The van der Waals surface area contributed by atoms with E-state index in [4.69, 9.17) is 4.74 Å². The first-order valence-electron chi connectivity index (χ1n) is 9.91. The molecule has 1 fully saturated rings. The maximum atomic E-state index is 12.6. The molecule has 0 bridgehead atoms. The van der Waals surface area contributed by atoms with Crippen LogP contribution in [0.15, 0.2) is 12.1 Å². The second kappa shape index (κ2) is 10.3. The Morgan fingerprint density at radius 1 is 1.15 bits per heavy atom. The van der Waals surface area contributed by atoms with Gasteiger partial charge in [-0.2, -0.15) is 0 Å². The number of aryl methyl sites for hydroxylation is 3. The van der Waals surface area contributed by atoms with Crippen molar-refractivity contribution in [3.05, 3.63) is 28.8 Å². The molecular weight excluding hydrogens is 342 g/mol. The Kier molecular flexibility index (Phi) is 8.10. The number of amides is 3. The summed E-state index contributed by atoms with van der Waals surface area (Å²) < 4.78 is 5.27. The van der Waals surface area contributed by atoms with E-state index in [9.17, 15) is 9.59 Å². The third-order valence-corrected chi connectivity index (χ3v) is 5.03. The predicted molar refractivity (Wildman–Crippen MR) is 108 cm³/mol. The Balaban J connectivity index is 1.78. The number of nitrogens with one attached hydrogen (secondary N) is 2. The molecule has 150 valence electrons. The van der Waals surface area contributed by atoms with Gasteiger partial charge in [0.15, 0.2) is 0 Å². The monoisotopic (exact) mass is 375 g/mol. The molecule has 0 aromatic heterocycles. The standard InChI is InChI=1S/C21H33N3O3/c1-5-27-12-6-9-22-20(25)18-7-10-24(11-8-18)21(26)23-19-16(3)13-15(2)14-17(19)4/h13-14,18H,5-12H2,1-4H3,(H,22,25)(H,23,26). The Morgan fingerprint density at radius 3 is 2.37 bits per heavy atom. The highest BCUT2D eigenvalue weighted by Gasteiger charge is 2.27. The zero-order chi connectivity index (χ0) is 19.8. The van der Waals surface area contributed by atoms with Crippen molar-refractivity contribution >= 4 is 17.6 Å². The fourth-order valence-electron chi connectivity index (χ4n) is 3.58. The molecule has 0 radical (unpaired) electrons. The minimum absolute atomic E-state index is 0.0102. The van der Waals surface area contributed by atoms with E-state index in [1.165, 1.54) is 5.56 Å². The lowest BCUT2D eigenvalue weighted by Gasteiger charge is -2.31. The minimum atomic E-state index is -0.0828. The Labute approximate surface area is 162 Å². The topological polar surface area (TPSA) is 70.7 Å². The van der Waals surface area contributed by atoms with Crippen molar-refractivity contribution < 1.29 is 14.3 Å². The second-order valence-electron chi connectivity index (χ2n) is 7.31. The number of hydrogen-bond acceptors (Lipinski definition) is 3. The third-order valence-electron chi connectivity index (χ3n) is 5.03. The Hall–Kier alpha value is -2.08. The summed E-state index contributed by atoms with van der Waals surface area (Å²) in [4.78, 5) is 26.7. The summed E-state index contributed by atoms with van der Waals surface area (Å²) in [6.45, 7) is 11.3. The van der Waals surface area contributed by atoms with Crippen LogP contribution in [0, 0.1) is 26.7 Å². The van der Waals surface area contributed by atoms with Gasteiger partial charge in [-0.15, -0.1) is 0 Å². The van der Waals surface area contributed by atoms with E-state index >= 15 is 0 Å². The molecule has 1 aliphatic rings. The van der Waals surface area contributed by atoms with Crippen LogP contribution < -0.4 is 10.6 Å². The molecule has 0 aliphatic carbocycles. The third kappa shape index (κ3) is 6.24. The number of nitrogens with zero attached hydrogens (tertiary/aromatic N) is 1. The SMILES string of the molecule is CCOCCCNC(=O)C1CCN(C(=O)Nc2c(C)cc(C)cc2C)CC1. The molecule has 0 saturated carbocycles. The molecule has 0 unspecified atom stereocenters. The number of carbonyl (C=O) groups excluding carboxylic acids is 2. The summed E-state index contributed by atoms with van der Waals surface area (Å²) in [5.74, 6) is 0.0840. The van der Waals surface area contributed by atoms with Gasteiger partial charge in [0.05, 0.1) is 0 Å². The first-order chi connectivity index (χ1) is 12.9. The average Bonchev–Trinajstić information content (AvgIpc) is 2.64. The van der Waals surface area contributed by atoms with Gasteiger partial charge >= 0.3 is 6.03 Å². The second-order valence-corrected chi connectivity index (χ2v) is 7.31. The summed E-state index contributed by atoms with van der Waals surface area (Å²) in [5, 5.41) is 6.02. The van der Waals surface area contributed by atoms with Crippen LogP contribution in [0.25, 0.3) is 0 Å². The highest BCUT2D eigenvalue weighted by molar-refractivity contribution is 5.91. The van der Waals surface area contributed by atoms with Crippen molar-refractivity contribution in [2.75, 3.05) is 38.2 Å². The van der Waals surface area contributed by atoms with Crippen molar-refractivity contribution in [2.24, 2.45) is 5.92 Å². The molecule has 2 rings (SSSR count). The number of carbonyl (C=O) groups is 2. The van der Waals surface area contributed by atoms with E-state index in [0.29, 0.717) is 45.7 Å². The van der Waals surface area contributed by atoms with Crippen LogP contribution in [0.4, 0.5) is 10.5 Å².